The smallest absolute Gasteiger partial charge is 0.343 e. The Kier molecular flexibility index (Phi) is 22.6. The number of unbranched alkanes of at least 4 members (excludes halogenated alkanes) is 14. The van der Waals surface area contributed by atoms with Gasteiger partial charge < -0.3 is 28.4 Å². The standard InChI is InChI=1S/C46H56F2O10/c1-3-41(49)55-33-19-15-11-7-5-9-13-17-31-53-37-25-21-35(22-26-37)45(51)57-39-29-30-40(44(48)43(39)47)58-46(52)36-23-27-38(28-24-36)54-32-18-14-10-6-8-12-16-20-34-56-42(50)4-2/h3-4,21-30H,1-2,5-20,31-34H2. The number of benzene rings is 3. The quantitative estimate of drug-likeness (QED) is 0.0278. The van der Waals surface area contributed by atoms with E-state index in [0.717, 1.165) is 115 Å². The zero-order chi connectivity index (χ0) is 41.8. The molecule has 0 atom stereocenters. The van der Waals surface area contributed by atoms with Crippen molar-refractivity contribution >= 4 is 23.9 Å². The second kappa shape index (κ2) is 28.0. The lowest BCUT2D eigenvalue weighted by atomic mass is 10.1. The van der Waals surface area contributed by atoms with Gasteiger partial charge in [-0.15, -0.1) is 0 Å². The fourth-order valence-corrected chi connectivity index (χ4v) is 5.74. The van der Waals surface area contributed by atoms with Crippen LogP contribution in [0.3, 0.4) is 0 Å². The summed E-state index contributed by atoms with van der Waals surface area (Å²) >= 11 is 0. The molecule has 0 amide bonds. The highest BCUT2D eigenvalue weighted by atomic mass is 19.2. The summed E-state index contributed by atoms with van der Waals surface area (Å²) in [6.45, 7) is 8.63. The molecule has 0 saturated carbocycles. The Bertz CT molecular complexity index is 1600. The molecule has 0 saturated heterocycles. The molecule has 0 aliphatic heterocycles. The van der Waals surface area contributed by atoms with Crippen LogP contribution in [0.25, 0.3) is 0 Å². The Hall–Kier alpha value is -5.52. The SMILES string of the molecule is C=CC(=O)OCCCCCCCCCCOc1ccc(C(=O)Oc2ccc(OC(=O)c3ccc(OCCCCCCCCCCOC(=O)C=C)cc3)c(F)c2F)cc1. The van der Waals surface area contributed by atoms with Crippen molar-refractivity contribution in [2.45, 2.75) is 103 Å². The number of halogens is 2. The molecule has 12 heteroatoms. The van der Waals surface area contributed by atoms with Crippen molar-refractivity contribution in [2.24, 2.45) is 0 Å². The molecule has 0 heterocycles. The number of rotatable bonds is 30. The van der Waals surface area contributed by atoms with Crippen molar-refractivity contribution < 1.29 is 56.4 Å². The monoisotopic (exact) mass is 806 g/mol. The Labute approximate surface area is 340 Å². The van der Waals surface area contributed by atoms with Gasteiger partial charge in [-0.2, -0.15) is 8.78 Å². The first kappa shape index (κ1) is 46.9. The van der Waals surface area contributed by atoms with Gasteiger partial charge in [-0.3, -0.25) is 0 Å². The van der Waals surface area contributed by atoms with E-state index in [9.17, 15) is 28.0 Å². The maximum absolute atomic E-state index is 14.9. The summed E-state index contributed by atoms with van der Waals surface area (Å²) in [5, 5.41) is 0. The van der Waals surface area contributed by atoms with Crippen molar-refractivity contribution in [1.29, 1.82) is 0 Å². The molecule has 3 rings (SSSR count). The van der Waals surface area contributed by atoms with E-state index in [1.54, 1.807) is 24.3 Å². The van der Waals surface area contributed by atoms with Crippen LogP contribution in [0, 0.1) is 11.6 Å². The molecule has 3 aromatic carbocycles. The fourth-order valence-electron chi connectivity index (χ4n) is 5.74. The summed E-state index contributed by atoms with van der Waals surface area (Å²) in [6, 6.07) is 14.3. The maximum atomic E-state index is 14.9. The van der Waals surface area contributed by atoms with E-state index in [1.165, 1.54) is 36.4 Å². The van der Waals surface area contributed by atoms with Crippen LogP contribution >= 0.6 is 0 Å². The molecule has 0 N–H and O–H groups in total. The van der Waals surface area contributed by atoms with E-state index in [1.807, 2.05) is 0 Å². The molecule has 0 aromatic heterocycles. The van der Waals surface area contributed by atoms with Gasteiger partial charge in [-0.05, 0) is 86.3 Å². The second-order valence-corrected chi connectivity index (χ2v) is 13.6. The first-order valence-electron chi connectivity index (χ1n) is 20.2. The summed E-state index contributed by atoms with van der Waals surface area (Å²) in [5.41, 5.74) is 0.221. The van der Waals surface area contributed by atoms with Crippen molar-refractivity contribution in [3.63, 3.8) is 0 Å². The molecular weight excluding hydrogens is 750 g/mol. The van der Waals surface area contributed by atoms with E-state index in [2.05, 4.69) is 13.2 Å². The lowest BCUT2D eigenvalue weighted by molar-refractivity contribution is -0.138. The topological polar surface area (TPSA) is 124 Å². The third kappa shape index (κ3) is 18.6. The number of esters is 4. The molecule has 0 bridgehead atoms. The van der Waals surface area contributed by atoms with Crippen LogP contribution < -0.4 is 18.9 Å². The molecule has 3 aromatic rings. The van der Waals surface area contributed by atoms with Crippen molar-refractivity contribution in [3.8, 4) is 23.0 Å². The van der Waals surface area contributed by atoms with Gasteiger partial charge >= 0.3 is 23.9 Å². The summed E-state index contributed by atoms with van der Waals surface area (Å²) < 4.78 is 61.4. The Morgan fingerprint density at radius 1 is 0.431 bits per heavy atom. The fraction of sp³-hybridized carbons (Fsp3) is 0.435. The van der Waals surface area contributed by atoms with Gasteiger partial charge in [0.25, 0.3) is 0 Å². The second-order valence-electron chi connectivity index (χ2n) is 13.6. The van der Waals surface area contributed by atoms with Crippen LogP contribution in [0.1, 0.15) is 123 Å². The van der Waals surface area contributed by atoms with E-state index >= 15 is 0 Å². The number of carbonyl (C=O) groups is 4. The molecule has 0 fully saturated rings. The van der Waals surface area contributed by atoms with Gasteiger partial charge in [0.05, 0.1) is 37.6 Å². The van der Waals surface area contributed by atoms with Crippen LogP contribution in [-0.2, 0) is 19.1 Å². The number of ether oxygens (including phenoxy) is 6. The van der Waals surface area contributed by atoms with E-state index < -0.39 is 35.1 Å². The summed E-state index contributed by atoms with van der Waals surface area (Å²) in [6.07, 6.45) is 18.8. The molecule has 0 aliphatic rings. The molecule has 314 valence electrons. The highest BCUT2D eigenvalue weighted by Gasteiger charge is 2.21. The third-order valence-corrected chi connectivity index (χ3v) is 9.03. The predicted molar refractivity (Wildman–Crippen MR) is 216 cm³/mol. The molecule has 0 unspecified atom stereocenters. The third-order valence-electron chi connectivity index (χ3n) is 9.03. The van der Waals surface area contributed by atoms with Gasteiger partial charge in [0, 0.05) is 12.2 Å². The highest BCUT2D eigenvalue weighted by Crippen LogP contribution is 2.29. The zero-order valence-corrected chi connectivity index (χ0v) is 33.3. The lowest BCUT2D eigenvalue weighted by Crippen LogP contribution is -2.12. The van der Waals surface area contributed by atoms with E-state index in [-0.39, 0.29) is 23.1 Å². The first-order valence-corrected chi connectivity index (χ1v) is 20.2. The summed E-state index contributed by atoms with van der Waals surface area (Å²) in [7, 11) is 0. The minimum Gasteiger partial charge on any atom is -0.494 e. The largest absolute Gasteiger partial charge is 0.494 e. The van der Waals surface area contributed by atoms with Gasteiger partial charge in [0.15, 0.2) is 11.5 Å². The van der Waals surface area contributed by atoms with Crippen LogP contribution in [0.15, 0.2) is 86.0 Å². The minimum absolute atomic E-state index is 0.110. The average Bonchev–Trinajstić information content (AvgIpc) is 3.24. The van der Waals surface area contributed by atoms with E-state index in [4.69, 9.17) is 28.4 Å². The predicted octanol–water partition coefficient (Wildman–Crippen LogP) is 10.9. The van der Waals surface area contributed by atoms with Crippen LogP contribution in [0.5, 0.6) is 23.0 Å². The van der Waals surface area contributed by atoms with Crippen LogP contribution in [0.2, 0.25) is 0 Å². The normalized spacial score (nSPS) is 10.7. The van der Waals surface area contributed by atoms with Crippen molar-refractivity contribution in [2.75, 3.05) is 26.4 Å². The molecular formula is C46H56F2O10. The Morgan fingerprint density at radius 3 is 1.03 bits per heavy atom. The highest BCUT2D eigenvalue weighted by molar-refractivity contribution is 5.92. The van der Waals surface area contributed by atoms with Gasteiger partial charge in [0.2, 0.25) is 11.6 Å². The molecule has 0 spiro atoms. The van der Waals surface area contributed by atoms with Crippen molar-refractivity contribution in [3.05, 3.63) is 109 Å². The van der Waals surface area contributed by atoms with Gasteiger partial charge in [0.1, 0.15) is 11.5 Å². The van der Waals surface area contributed by atoms with Gasteiger partial charge in [-0.1, -0.05) is 90.2 Å². The zero-order valence-electron chi connectivity index (χ0n) is 33.3. The molecule has 0 radical (unpaired) electrons. The number of carbonyl (C=O) groups excluding carboxylic acids is 4. The lowest BCUT2D eigenvalue weighted by Gasteiger charge is -2.11. The van der Waals surface area contributed by atoms with Crippen LogP contribution in [-0.4, -0.2) is 50.3 Å². The number of hydrogen-bond donors (Lipinski definition) is 0. The maximum Gasteiger partial charge on any atom is 0.343 e. The summed E-state index contributed by atoms with van der Waals surface area (Å²) in [4.78, 5) is 47.4. The van der Waals surface area contributed by atoms with Crippen LogP contribution in [0.4, 0.5) is 8.78 Å². The van der Waals surface area contributed by atoms with Crippen molar-refractivity contribution in [1.82, 2.24) is 0 Å². The average molecular weight is 807 g/mol. The van der Waals surface area contributed by atoms with Gasteiger partial charge in [-0.25, -0.2) is 19.2 Å². The molecule has 58 heavy (non-hydrogen) atoms. The number of hydrogen-bond acceptors (Lipinski definition) is 10. The summed E-state index contributed by atoms with van der Waals surface area (Å²) in [5.74, 6) is -5.70. The Balaban J connectivity index is 1.29. The Morgan fingerprint density at radius 2 is 0.724 bits per heavy atom. The first-order chi connectivity index (χ1) is 28.2. The van der Waals surface area contributed by atoms with E-state index in [0.29, 0.717) is 37.9 Å². The molecule has 10 nitrogen and oxygen atoms in total. The minimum atomic E-state index is -1.47. The molecule has 0 aliphatic carbocycles.